The van der Waals surface area contributed by atoms with Gasteiger partial charge in [0.05, 0.1) is 5.56 Å². The van der Waals surface area contributed by atoms with Crippen LogP contribution < -0.4 is 11.1 Å². The van der Waals surface area contributed by atoms with Crippen LogP contribution in [0.1, 0.15) is 27.0 Å². The maximum atomic E-state index is 13.0. The van der Waals surface area contributed by atoms with Gasteiger partial charge in [-0.15, -0.1) is 0 Å². The minimum absolute atomic E-state index is 0.305. The molecule has 166 valence electrons. The van der Waals surface area contributed by atoms with Crippen LogP contribution in [-0.2, 0) is 19.1 Å². The van der Waals surface area contributed by atoms with Crippen LogP contribution in [0.5, 0.6) is 0 Å². The Hall–Kier alpha value is -3.16. The lowest BCUT2D eigenvalue weighted by Gasteiger charge is -2.28. The molecule has 0 saturated heterocycles. The number of hydrogen-bond donors (Lipinski definition) is 2. The summed E-state index contributed by atoms with van der Waals surface area (Å²) >= 11 is 0. The predicted octanol–water partition coefficient (Wildman–Crippen LogP) is 4.94. The fraction of sp³-hybridized carbons (Fsp3) is 0.240. The first kappa shape index (κ1) is 22.0. The minimum atomic E-state index is -4.40. The van der Waals surface area contributed by atoms with Crippen molar-refractivity contribution in [2.75, 3.05) is 25.0 Å². The highest BCUT2D eigenvalue weighted by atomic mass is 19.4. The number of anilines is 1. The van der Waals surface area contributed by atoms with Crippen molar-refractivity contribution in [1.29, 1.82) is 0 Å². The number of rotatable bonds is 5. The van der Waals surface area contributed by atoms with Crippen molar-refractivity contribution in [2.45, 2.75) is 19.1 Å². The second-order valence-electron chi connectivity index (χ2n) is 7.87. The molecule has 1 amide bonds. The van der Waals surface area contributed by atoms with Crippen molar-refractivity contribution in [1.82, 2.24) is 4.90 Å². The van der Waals surface area contributed by atoms with E-state index >= 15 is 0 Å². The molecule has 3 N–H and O–H groups in total. The Labute approximate surface area is 184 Å². The van der Waals surface area contributed by atoms with Gasteiger partial charge in [-0.3, -0.25) is 9.69 Å². The SMILES string of the molecule is NCCN1CCc2cc(NC(=O)c3ccccc3-c3ccc(C(F)(F)F)cc3)ccc2C1. The first-order valence-electron chi connectivity index (χ1n) is 10.5. The van der Waals surface area contributed by atoms with Crippen molar-refractivity contribution >= 4 is 11.6 Å². The van der Waals surface area contributed by atoms with Gasteiger partial charge in [-0.2, -0.15) is 13.2 Å². The molecule has 0 fully saturated rings. The van der Waals surface area contributed by atoms with Gasteiger partial charge in [-0.05, 0) is 59.0 Å². The van der Waals surface area contributed by atoms with Gasteiger partial charge in [-0.25, -0.2) is 0 Å². The van der Waals surface area contributed by atoms with E-state index < -0.39 is 11.7 Å². The zero-order chi connectivity index (χ0) is 22.7. The van der Waals surface area contributed by atoms with Crippen LogP contribution in [0.15, 0.2) is 66.7 Å². The number of nitrogens with two attached hydrogens (primary N) is 1. The molecule has 7 heteroatoms. The van der Waals surface area contributed by atoms with Crippen LogP contribution in [-0.4, -0.2) is 30.4 Å². The second kappa shape index (κ2) is 9.14. The number of nitrogens with zero attached hydrogens (tertiary/aromatic N) is 1. The van der Waals surface area contributed by atoms with Gasteiger partial charge in [0.2, 0.25) is 0 Å². The lowest BCUT2D eigenvalue weighted by molar-refractivity contribution is -0.137. The molecule has 1 aliphatic rings. The third-order valence-corrected chi connectivity index (χ3v) is 5.70. The number of hydrogen-bond acceptors (Lipinski definition) is 3. The number of amides is 1. The summed E-state index contributed by atoms with van der Waals surface area (Å²) in [7, 11) is 0. The summed E-state index contributed by atoms with van der Waals surface area (Å²) < 4.78 is 38.6. The van der Waals surface area contributed by atoms with Crippen LogP contribution in [0.2, 0.25) is 0 Å². The summed E-state index contributed by atoms with van der Waals surface area (Å²) in [6.07, 6.45) is -3.51. The Morgan fingerprint density at radius 2 is 1.75 bits per heavy atom. The van der Waals surface area contributed by atoms with Crippen molar-refractivity contribution in [2.24, 2.45) is 5.73 Å². The summed E-state index contributed by atoms with van der Waals surface area (Å²) in [5.41, 5.74) is 9.59. The van der Waals surface area contributed by atoms with Gasteiger partial charge >= 0.3 is 6.18 Å². The van der Waals surface area contributed by atoms with Crippen molar-refractivity contribution in [3.05, 3.63) is 89.0 Å². The van der Waals surface area contributed by atoms with E-state index in [1.54, 1.807) is 24.3 Å². The minimum Gasteiger partial charge on any atom is -0.329 e. The Balaban J connectivity index is 1.54. The number of halogens is 3. The molecule has 4 rings (SSSR count). The van der Waals surface area contributed by atoms with E-state index in [1.807, 2.05) is 18.2 Å². The molecule has 0 aromatic heterocycles. The van der Waals surface area contributed by atoms with Crippen molar-refractivity contribution in [3.63, 3.8) is 0 Å². The summed E-state index contributed by atoms with van der Waals surface area (Å²) in [5, 5.41) is 2.94. The van der Waals surface area contributed by atoms with Crippen LogP contribution in [0.4, 0.5) is 18.9 Å². The number of nitrogens with one attached hydrogen (secondary N) is 1. The fourth-order valence-electron chi connectivity index (χ4n) is 4.03. The van der Waals surface area contributed by atoms with E-state index in [4.69, 9.17) is 5.73 Å². The first-order chi connectivity index (χ1) is 15.3. The van der Waals surface area contributed by atoms with Gasteiger partial charge in [-0.1, -0.05) is 36.4 Å². The third-order valence-electron chi connectivity index (χ3n) is 5.70. The number of carbonyl (C=O) groups excluding carboxylic acids is 1. The maximum absolute atomic E-state index is 13.0. The standard InChI is InChI=1S/C25H24F3N3O/c26-25(27,28)20-8-5-17(6-9-20)22-3-1-2-4-23(22)24(32)30-21-10-7-19-16-31(14-12-29)13-11-18(19)15-21/h1-10,15H,11-14,16,29H2,(H,30,32). The molecular formula is C25H24F3N3O. The van der Waals surface area contributed by atoms with E-state index in [0.717, 1.165) is 38.2 Å². The molecule has 0 aliphatic carbocycles. The molecular weight excluding hydrogens is 415 g/mol. The summed E-state index contributed by atoms with van der Waals surface area (Å²) in [6.45, 7) is 3.26. The molecule has 4 nitrogen and oxygen atoms in total. The number of alkyl halides is 3. The molecule has 3 aromatic carbocycles. The first-order valence-corrected chi connectivity index (χ1v) is 10.5. The van der Waals surface area contributed by atoms with E-state index in [2.05, 4.69) is 10.2 Å². The van der Waals surface area contributed by atoms with E-state index in [-0.39, 0.29) is 5.91 Å². The topological polar surface area (TPSA) is 58.4 Å². The number of carbonyl (C=O) groups is 1. The average Bonchev–Trinajstić information content (AvgIpc) is 2.79. The Kier molecular flexibility index (Phi) is 6.30. The molecule has 0 bridgehead atoms. The molecule has 0 atom stereocenters. The molecule has 0 spiro atoms. The lowest BCUT2D eigenvalue weighted by Crippen LogP contribution is -2.34. The van der Waals surface area contributed by atoms with Crippen LogP contribution in [0.3, 0.4) is 0 Å². The average molecular weight is 439 g/mol. The van der Waals surface area contributed by atoms with Gasteiger partial charge < -0.3 is 11.1 Å². The van der Waals surface area contributed by atoms with Gasteiger partial charge in [0.1, 0.15) is 0 Å². The normalized spacial score (nSPS) is 14.1. The highest BCUT2D eigenvalue weighted by molar-refractivity contribution is 6.08. The molecule has 0 saturated carbocycles. The fourth-order valence-corrected chi connectivity index (χ4v) is 4.03. The van der Waals surface area contributed by atoms with E-state index in [1.165, 1.54) is 23.3 Å². The highest BCUT2D eigenvalue weighted by Gasteiger charge is 2.30. The maximum Gasteiger partial charge on any atom is 0.416 e. The third kappa shape index (κ3) is 4.84. The van der Waals surface area contributed by atoms with Crippen molar-refractivity contribution in [3.8, 4) is 11.1 Å². The summed E-state index contributed by atoms with van der Waals surface area (Å²) in [6, 6.07) is 17.6. The van der Waals surface area contributed by atoms with Gasteiger partial charge in [0, 0.05) is 37.4 Å². The monoisotopic (exact) mass is 439 g/mol. The number of benzene rings is 3. The zero-order valence-electron chi connectivity index (χ0n) is 17.5. The zero-order valence-corrected chi connectivity index (χ0v) is 17.5. The van der Waals surface area contributed by atoms with Gasteiger partial charge in [0.15, 0.2) is 0 Å². The van der Waals surface area contributed by atoms with Crippen LogP contribution >= 0.6 is 0 Å². The predicted molar refractivity (Wildman–Crippen MR) is 119 cm³/mol. The Morgan fingerprint density at radius 3 is 2.47 bits per heavy atom. The van der Waals surface area contributed by atoms with Gasteiger partial charge in [0.25, 0.3) is 5.91 Å². The summed E-state index contributed by atoms with van der Waals surface area (Å²) in [5.74, 6) is -0.305. The Morgan fingerprint density at radius 1 is 1.00 bits per heavy atom. The Bertz CT molecular complexity index is 1110. The number of fused-ring (bicyclic) bond motifs is 1. The molecule has 0 radical (unpaired) electrons. The van der Waals surface area contributed by atoms with E-state index in [9.17, 15) is 18.0 Å². The van der Waals surface area contributed by atoms with E-state index in [0.29, 0.717) is 28.9 Å². The lowest BCUT2D eigenvalue weighted by atomic mass is 9.97. The quantitative estimate of drug-likeness (QED) is 0.592. The molecule has 1 aliphatic heterocycles. The highest BCUT2D eigenvalue weighted by Crippen LogP contribution is 2.32. The molecule has 3 aromatic rings. The van der Waals surface area contributed by atoms with Crippen LogP contribution in [0, 0.1) is 0 Å². The largest absolute Gasteiger partial charge is 0.416 e. The summed E-state index contributed by atoms with van der Waals surface area (Å²) in [4.78, 5) is 15.3. The molecule has 1 heterocycles. The molecule has 0 unspecified atom stereocenters. The van der Waals surface area contributed by atoms with Crippen molar-refractivity contribution < 1.29 is 18.0 Å². The molecule has 32 heavy (non-hydrogen) atoms. The smallest absolute Gasteiger partial charge is 0.329 e. The van der Waals surface area contributed by atoms with Crippen LogP contribution in [0.25, 0.3) is 11.1 Å². The second-order valence-corrected chi connectivity index (χ2v) is 7.87.